The lowest BCUT2D eigenvalue weighted by Gasteiger charge is -2.14. The van der Waals surface area contributed by atoms with Gasteiger partial charge in [0.05, 0.1) is 8.79 Å². The van der Waals surface area contributed by atoms with Gasteiger partial charge in [-0.3, -0.25) is 4.79 Å². The molecule has 0 aliphatic carbocycles. The summed E-state index contributed by atoms with van der Waals surface area (Å²) in [5.41, 5.74) is 0.502. The number of amides is 1. The smallest absolute Gasteiger partial charge is 0.277 e. The van der Waals surface area contributed by atoms with Crippen LogP contribution in [-0.2, 0) is 0 Å². The number of pyridine rings is 1. The molecule has 6 heteroatoms. The van der Waals surface area contributed by atoms with Crippen LogP contribution >= 0.6 is 27.3 Å². The Labute approximate surface area is 117 Å². The molecule has 0 aliphatic rings. The Bertz CT molecular complexity index is 632. The van der Waals surface area contributed by atoms with Crippen molar-refractivity contribution < 1.29 is 4.79 Å². The highest BCUT2D eigenvalue weighted by Crippen LogP contribution is 2.29. The van der Waals surface area contributed by atoms with E-state index in [9.17, 15) is 4.79 Å². The van der Waals surface area contributed by atoms with Crippen molar-refractivity contribution in [2.75, 3.05) is 11.9 Å². The van der Waals surface area contributed by atoms with E-state index in [-0.39, 0.29) is 17.3 Å². The minimum Gasteiger partial charge on any atom is -0.301 e. The lowest BCUT2D eigenvalue weighted by Crippen LogP contribution is -2.26. The third-order valence-corrected chi connectivity index (χ3v) is 3.98. The Hall–Kier alpha value is -1.71. The average Bonchev–Trinajstić information content (AvgIpc) is 2.83. The number of halogens is 1. The van der Waals surface area contributed by atoms with Crippen LogP contribution in [0.25, 0.3) is 0 Å². The van der Waals surface area contributed by atoms with Gasteiger partial charge in [0.2, 0.25) is 0 Å². The number of nitrogens with zero attached hydrogens (tertiary/aromatic N) is 3. The Kier molecular flexibility index (Phi) is 3.75. The molecular weight excluding hydrogens is 314 g/mol. The highest BCUT2D eigenvalue weighted by molar-refractivity contribution is 9.11. The molecule has 0 saturated heterocycles. The molecule has 0 N–H and O–H groups in total. The first-order valence-electron chi connectivity index (χ1n) is 5.02. The number of aromatic nitrogens is 1. The van der Waals surface area contributed by atoms with Gasteiger partial charge in [0, 0.05) is 7.05 Å². The monoisotopic (exact) mass is 321 g/mol. The zero-order valence-electron chi connectivity index (χ0n) is 9.42. The number of rotatable bonds is 2. The van der Waals surface area contributed by atoms with Crippen molar-refractivity contribution in [2.24, 2.45) is 0 Å². The summed E-state index contributed by atoms with van der Waals surface area (Å²) in [6.07, 6.45) is 0. The molecule has 0 atom stereocenters. The van der Waals surface area contributed by atoms with Crippen molar-refractivity contribution in [1.29, 1.82) is 5.26 Å². The molecular formula is C12H8BrN3OS. The second-order valence-electron chi connectivity index (χ2n) is 3.46. The van der Waals surface area contributed by atoms with Gasteiger partial charge in [0.25, 0.3) is 5.91 Å². The van der Waals surface area contributed by atoms with Gasteiger partial charge in [-0.2, -0.15) is 5.26 Å². The second-order valence-corrected chi connectivity index (χ2v) is 5.90. The lowest BCUT2D eigenvalue weighted by molar-refractivity contribution is 0.0989. The first kappa shape index (κ1) is 12.7. The van der Waals surface area contributed by atoms with Gasteiger partial charge in [-0.05, 0) is 40.2 Å². The van der Waals surface area contributed by atoms with Gasteiger partial charge < -0.3 is 4.90 Å². The van der Waals surface area contributed by atoms with Crippen LogP contribution in [0.2, 0.25) is 0 Å². The highest BCUT2D eigenvalue weighted by atomic mass is 79.9. The van der Waals surface area contributed by atoms with Crippen LogP contribution in [0.4, 0.5) is 5.00 Å². The predicted molar refractivity (Wildman–Crippen MR) is 73.7 cm³/mol. The third-order valence-electron chi connectivity index (χ3n) is 2.28. The number of thiophene rings is 1. The molecule has 2 aromatic heterocycles. The van der Waals surface area contributed by atoms with Crippen molar-refractivity contribution in [1.82, 2.24) is 4.98 Å². The summed E-state index contributed by atoms with van der Waals surface area (Å²) >= 11 is 4.81. The fourth-order valence-electron chi connectivity index (χ4n) is 1.37. The Morgan fingerprint density at radius 1 is 1.44 bits per heavy atom. The van der Waals surface area contributed by atoms with E-state index in [0.717, 1.165) is 8.79 Å². The van der Waals surface area contributed by atoms with E-state index in [1.165, 1.54) is 16.2 Å². The van der Waals surface area contributed by atoms with E-state index >= 15 is 0 Å². The van der Waals surface area contributed by atoms with Gasteiger partial charge in [0.1, 0.15) is 17.5 Å². The SMILES string of the molecule is CN(C(=O)c1cccc(C#N)n1)c1ccc(Br)s1. The number of nitriles is 1. The molecule has 90 valence electrons. The van der Waals surface area contributed by atoms with Gasteiger partial charge in [-0.15, -0.1) is 11.3 Å². The van der Waals surface area contributed by atoms with Crippen LogP contribution in [0.1, 0.15) is 16.2 Å². The largest absolute Gasteiger partial charge is 0.301 e. The standard InChI is InChI=1S/C12H8BrN3OS/c1-16(11-6-5-10(13)18-11)12(17)9-4-2-3-8(7-14)15-9/h2-6H,1H3. The van der Waals surface area contributed by atoms with E-state index in [2.05, 4.69) is 20.9 Å². The molecule has 18 heavy (non-hydrogen) atoms. The van der Waals surface area contributed by atoms with Gasteiger partial charge in [0.15, 0.2) is 0 Å². The van der Waals surface area contributed by atoms with Crippen molar-refractivity contribution in [3.05, 3.63) is 45.5 Å². The van der Waals surface area contributed by atoms with Crippen molar-refractivity contribution in [3.63, 3.8) is 0 Å². The molecule has 2 heterocycles. The van der Waals surface area contributed by atoms with Crippen LogP contribution < -0.4 is 4.90 Å². The number of anilines is 1. The van der Waals surface area contributed by atoms with E-state index in [0.29, 0.717) is 0 Å². The molecule has 1 amide bonds. The molecule has 0 unspecified atom stereocenters. The van der Waals surface area contributed by atoms with E-state index in [4.69, 9.17) is 5.26 Å². The Morgan fingerprint density at radius 2 is 2.22 bits per heavy atom. The molecule has 0 fully saturated rings. The van der Waals surface area contributed by atoms with E-state index in [1.54, 1.807) is 25.2 Å². The molecule has 4 nitrogen and oxygen atoms in total. The van der Waals surface area contributed by atoms with Gasteiger partial charge >= 0.3 is 0 Å². The minimum absolute atomic E-state index is 0.235. The third kappa shape index (κ3) is 2.58. The molecule has 0 radical (unpaired) electrons. The first-order chi connectivity index (χ1) is 8.61. The zero-order chi connectivity index (χ0) is 13.1. The van der Waals surface area contributed by atoms with Gasteiger partial charge in [-0.25, -0.2) is 4.98 Å². The molecule has 0 aromatic carbocycles. The number of hydrogen-bond acceptors (Lipinski definition) is 4. The fourth-order valence-corrected chi connectivity index (χ4v) is 2.69. The summed E-state index contributed by atoms with van der Waals surface area (Å²) in [4.78, 5) is 17.7. The molecule has 0 bridgehead atoms. The summed E-state index contributed by atoms with van der Waals surface area (Å²) in [6.45, 7) is 0. The van der Waals surface area contributed by atoms with Crippen LogP contribution in [0.5, 0.6) is 0 Å². The fraction of sp³-hybridized carbons (Fsp3) is 0.0833. The Balaban J connectivity index is 2.28. The highest BCUT2D eigenvalue weighted by Gasteiger charge is 2.16. The van der Waals surface area contributed by atoms with E-state index < -0.39 is 0 Å². The summed E-state index contributed by atoms with van der Waals surface area (Å²) in [7, 11) is 1.68. The second kappa shape index (κ2) is 5.29. The van der Waals surface area contributed by atoms with Crippen LogP contribution in [-0.4, -0.2) is 17.9 Å². The normalized spacial score (nSPS) is 9.83. The summed E-state index contributed by atoms with van der Waals surface area (Å²) in [5, 5.41) is 9.58. The van der Waals surface area contributed by atoms with Crippen molar-refractivity contribution >= 4 is 38.2 Å². The molecule has 2 aromatic rings. The first-order valence-corrected chi connectivity index (χ1v) is 6.63. The topological polar surface area (TPSA) is 57.0 Å². The van der Waals surface area contributed by atoms with Gasteiger partial charge in [-0.1, -0.05) is 6.07 Å². The average molecular weight is 322 g/mol. The maximum Gasteiger partial charge on any atom is 0.277 e. The zero-order valence-corrected chi connectivity index (χ0v) is 11.8. The van der Waals surface area contributed by atoms with Crippen molar-refractivity contribution in [2.45, 2.75) is 0 Å². The molecule has 0 aliphatic heterocycles. The predicted octanol–water partition coefficient (Wildman–Crippen LogP) is 3.05. The maximum atomic E-state index is 12.2. The summed E-state index contributed by atoms with van der Waals surface area (Å²) in [6, 6.07) is 10.5. The number of carbonyl (C=O) groups excluding carboxylic acids is 1. The summed E-state index contributed by atoms with van der Waals surface area (Å²) < 4.78 is 0.955. The molecule has 2 rings (SSSR count). The van der Waals surface area contributed by atoms with Crippen LogP contribution in [0.3, 0.4) is 0 Å². The number of hydrogen-bond donors (Lipinski definition) is 0. The summed E-state index contributed by atoms with van der Waals surface area (Å²) in [5.74, 6) is -0.235. The number of carbonyl (C=O) groups is 1. The Morgan fingerprint density at radius 3 is 2.83 bits per heavy atom. The lowest BCUT2D eigenvalue weighted by atomic mass is 10.3. The van der Waals surface area contributed by atoms with Crippen LogP contribution in [0.15, 0.2) is 34.1 Å². The van der Waals surface area contributed by atoms with Crippen molar-refractivity contribution in [3.8, 4) is 6.07 Å². The molecule has 0 spiro atoms. The quantitative estimate of drug-likeness (QED) is 0.854. The minimum atomic E-state index is -0.235. The maximum absolute atomic E-state index is 12.2. The van der Waals surface area contributed by atoms with Crippen LogP contribution in [0, 0.1) is 11.3 Å². The molecule has 0 saturated carbocycles. The van der Waals surface area contributed by atoms with E-state index in [1.807, 2.05) is 18.2 Å².